The number of thiocarbonyl (C=S) groups is 1. The Morgan fingerprint density at radius 2 is 2.21 bits per heavy atom. The number of fused-ring (bicyclic) bond motifs is 1. The van der Waals surface area contributed by atoms with Gasteiger partial charge >= 0.3 is 0 Å². The predicted molar refractivity (Wildman–Crippen MR) is 116 cm³/mol. The predicted octanol–water partition coefficient (Wildman–Crippen LogP) is 2.91. The minimum Gasteiger partial charge on any atom is -0.375 e. The number of pyridine rings is 1. The molecule has 7 nitrogen and oxygen atoms in total. The highest BCUT2D eigenvalue weighted by atomic mass is 32.1. The standard InChI is InChI=1S/C20H21N7S/c1-13-7-17-16(8-14(13)5-6-22-2)15(10-24-27(4)20(21)28)9-18(25-17)19-11-23-12-26(19)3/h7-12H,5-6H2,1,3-4H3,(H2,21,28). The number of imidazole rings is 1. The molecule has 8 heteroatoms. The van der Waals surface area contributed by atoms with E-state index in [9.17, 15) is 0 Å². The van der Waals surface area contributed by atoms with Gasteiger partial charge in [-0.2, -0.15) is 5.10 Å². The maximum absolute atomic E-state index is 7.06. The van der Waals surface area contributed by atoms with E-state index in [1.165, 1.54) is 5.01 Å². The smallest absolute Gasteiger partial charge is 0.218 e. The zero-order valence-corrected chi connectivity index (χ0v) is 16.9. The average molecular weight is 392 g/mol. The van der Waals surface area contributed by atoms with E-state index in [0.29, 0.717) is 13.0 Å². The molecule has 0 spiro atoms. The van der Waals surface area contributed by atoms with Crippen LogP contribution in [0.5, 0.6) is 0 Å². The van der Waals surface area contributed by atoms with Crippen molar-refractivity contribution in [2.75, 3.05) is 13.6 Å². The van der Waals surface area contributed by atoms with Crippen LogP contribution in [0.2, 0.25) is 0 Å². The molecule has 0 bridgehead atoms. The Hall–Kier alpha value is -3.31. The second-order valence-electron chi connectivity index (χ2n) is 6.52. The fraction of sp³-hybridized carbons (Fsp3) is 0.250. The summed E-state index contributed by atoms with van der Waals surface area (Å²) in [5.74, 6) is 0. The zero-order chi connectivity index (χ0) is 20.3. The van der Waals surface area contributed by atoms with E-state index in [-0.39, 0.29) is 5.11 Å². The molecule has 1 aromatic carbocycles. The van der Waals surface area contributed by atoms with Crippen molar-refractivity contribution < 1.29 is 0 Å². The number of hydrogen-bond acceptors (Lipinski definition) is 4. The van der Waals surface area contributed by atoms with Gasteiger partial charge < -0.3 is 15.1 Å². The summed E-state index contributed by atoms with van der Waals surface area (Å²) in [5.41, 5.74) is 11.4. The van der Waals surface area contributed by atoms with E-state index in [4.69, 9.17) is 29.5 Å². The third kappa shape index (κ3) is 4.00. The highest BCUT2D eigenvalue weighted by Gasteiger charge is 2.12. The van der Waals surface area contributed by atoms with Crippen molar-refractivity contribution in [1.82, 2.24) is 19.5 Å². The molecule has 2 N–H and O–H groups in total. The van der Waals surface area contributed by atoms with Crippen LogP contribution in [0.15, 0.2) is 35.8 Å². The second kappa shape index (κ2) is 8.15. The van der Waals surface area contributed by atoms with Crippen molar-refractivity contribution in [2.45, 2.75) is 13.3 Å². The van der Waals surface area contributed by atoms with Crippen LogP contribution in [-0.4, -0.2) is 44.5 Å². The highest BCUT2D eigenvalue weighted by Crippen LogP contribution is 2.26. The van der Waals surface area contributed by atoms with E-state index in [2.05, 4.69) is 27.1 Å². The highest BCUT2D eigenvalue weighted by molar-refractivity contribution is 7.80. The third-order valence-electron chi connectivity index (χ3n) is 4.56. The van der Waals surface area contributed by atoms with Crippen LogP contribution in [0.25, 0.3) is 27.1 Å². The Morgan fingerprint density at radius 3 is 2.86 bits per heavy atom. The summed E-state index contributed by atoms with van der Waals surface area (Å²) in [4.78, 5) is 12.5. The summed E-state index contributed by atoms with van der Waals surface area (Å²) >= 11 is 4.96. The summed E-state index contributed by atoms with van der Waals surface area (Å²) in [6.45, 7) is 9.57. The Balaban J connectivity index is 2.20. The van der Waals surface area contributed by atoms with Crippen LogP contribution in [0, 0.1) is 13.5 Å². The Kier molecular flexibility index (Phi) is 5.66. The molecule has 0 fully saturated rings. The SMILES string of the molecule is [C-]#[N+]CCc1cc2c(C=NN(C)C(N)=S)cc(-c3cncn3C)nc2cc1C. The first kappa shape index (κ1) is 19.5. The molecule has 0 saturated heterocycles. The van der Waals surface area contributed by atoms with Gasteiger partial charge in [-0.1, -0.05) is 0 Å². The van der Waals surface area contributed by atoms with Gasteiger partial charge in [0.25, 0.3) is 0 Å². The van der Waals surface area contributed by atoms with Crippen molar-refractivity contribution in [3.8, 4) is 11.4 Å². The number of rotatable bonds is 5. The number of aryl methyl sites for hydroxylation is 2. The van der Waals surface area contributed by atoms with Crippen LogP contribution in [0.4, 0.5) is 0 Å². The number of hydrazone groups is 1. The van der Waals surface area contributed by atoms with E-state index in [1.54, 1.807) is 25.8 Å². The first-order chi connectivity index (χ1) is 13.4. The third-order valence-corrected chi connectivity index (χ3v) is 4.82. The normalized spacial score (nSPS) is 11.1. The monoisotopic (exact) mass is 391 g/mol. The van der Waals surface area contributed by atoms with Crippen molar-refractivity contribution >= 4 is 34.4 Å². The Bertz CT molecular complexity index is 1110. The molecule has 0 saturated carbocycles. The molecule has 2 aromatic heterocycles. The molecule has 0 atom stereocenters. The number of nitrogens with zero attached hydrogens (tertiary/aromatic N) is 6. The quantitative estimate of drug-likeness (QED) is 0.313. The lowest BCUT2D eigenvalue weighted by Gasteiger charge is -2.12. The molecule has 0 aliphatic heterocycles. The number of hydrogen-bond donors (Lipinski definition) is 1. The molecule has 0 aliphatic carbocycles. The number of nitrogens with two attached hydrogens (primary N) is 1. The summed E-state index contributed by atoms with van der Waals surface area (Å²) in [5, 5.41) is 6.95. The first-order valence-corrected chi connectivity index (χ1v) is 9.13. The maximum atomic E-state index is 7.06. The van der Waals surface area contributed by atoms with Crippen LogP contribution in [0.3, 0.4) is 0 Å². The second-order valence-corrected chi connectivity index (χ2v) is 6.94. The van der Waals surface area contributed by atoms with Gasteiger partial charge in [-0.05, 0) is 48.5 Å². The fourth-order valence-corrected chi connectivity index (χ4v) is 2.99. The van der Waals surface area contributed by atoms with Gasteiger partial charge in [0.1, 0.15) is 0 Å². The van der Waals surface area contributed by atoms with Gasteiger partial charge in [0.15, 0.2) is 5.11 Å². The van der Waals surface area contributed by atoms with Gasteiger partial charge in [0, 0.05) is 31.5 Å². The van der Waals surface area contributed by atoms with E-state index in [0.717, 1.165) is 39.0 Å². The van der Waals surface area contributed by atoms with Gasteiger partial charge in [0.05, 0.1) is 35.6 Å². The van der Waals surface area contributed by atoms with Gasteiger partial charge in [-0.25, -0.2) is 21.5 Å². The Labute approximate surface area is 169 Å². The van der Waals surface area contributed by atoms with Crippen molar-refractivity contribution in [1.29, 1.82) is 0 Å². The average Bonchev–Trinajstić information content (AvgIpc) is 3.09. The summed E-state index contributed by atoms with van der Waals surface area (Å²) in [7, 11) is 3.64. The topological polar surface area (TPSA) is 76.7 Å². The van der Waals surface area contributed by atoms with Crippen molar-refractivity contribution in [3.63, 3.8) is 0 Å². The van der Waals surface area contributed by atoms with E-state index in [1.807, 2.05) is 24.6 Å². The molecule has 142 valence electrons. The summed E-state index contributed by atoms with van der Waals surface area (Å²) < 4.78 is 1.92. The van der Waals surface area contributed by atoms with Crippen LogP contribution >= 0.6 is 12.2 Å². The molecule has 0 amide bonds. The maximum Gasteiger partial charge on any atom is 0.218 e. The zero-order valence-electron chi connectivity index (χ0n) is 16.0. The van der Waals surface area contributed by atoms with Gasteiger partial charge in [0.2, 0.25) is 6.54 Å². The molecular weight excluding hydrogens is 370 g/mol. The van der Waals surface area contributed by atoms with Crippen molar-refractivity contribution in [3.05, 3.63) is 58.8 Å². The van der Waals surface area contributed by atoms with Crippen LogP contribution in [0.1, 0.15) is 16.7 Å². The molecule has 0 aliphatic rings. The van der Waals surface area contributed by atoms with Crippen LogP contribution < -0.4 is 5.73 Å². The molecular formula is C20H21N7S. The summed E-state index contributed by atoms with van der Waals surface area (Å²) in [6.07, 6.45) is 5.97. The lowest BCUT2D eigenvalue weighted by atomic mass is 9.99. The minimum absolute atomic E-state index is 0.190. The van der Waals surface area contributed by atoms with Gasteiger partial charge in [-0.15, -0.1) is 0 Å². The van der Waals surface area contributed by atoms with E-state index >= 15 is 0 Å². The number of benzene rings is 1. The fourth-order valence-electron chi connectivity index (χ4n) is 2.94. The number of aromatic nitrogens is 3. The molecule has 0 radical (unpaired) electrons. The van der Waals surface area contributed by atoms with Crippen molar-refractivity contribution in [2.24, 2.45) is 17.9 Å². The van der Waals surface area contributed by atoms with E-state index < -0.39 is 0 Å². The van der Waals surface area contributed by atoms with Gasteiger partial charge in [-0.3, -0.25) is 0 Å². The molecule has 28 heavy (non-hydrogen) atoms. The minimum atomic E-state index is 0.190. The lowest BCUT2D eigenvalue weighted by molar-refractivity contribution is 0.552. The van der Waals surface area contributed by atoms with Crippen LogP contribution in [-0.2, 0) is 13.5 Å². The molecule has 3 rings (SSSR count). The largest absolute Gasteiger partial charge is 0.375 e. The lowest BCUT2D eigenvalue weighted by Crippen LogP contribution is -2.27. The molecule has 0 unspecified atom stereocenters. The first-order valence-electron chi connectivity index (χ1n) is 8.72. The molecule has 3 aromatic rings. The summed E-state index contributed by atoms with van der Waals surface area (Å²) in [6, 6.07) is 6.13. The Morgan fingerprint density at radius 1 is 1.43 bits per heavy atom. The molecule has 2 heterocycles.